The molecule has 0 atom stereocenters. The predicted octanol–water partition coefficient (Wildman–Crippen LogP) is 2.27. The number of hydrogen-bond donors (Lipinski definition) is 1. The van der Waals surface area contributed by atoms with Crippen molar-refractivity contribution in [2.45, 2.75) is 46.6 Å². The van der Waals surface area contributed by atoms with Gasteiger partial charge in [-0.25, -0.2) is 4.79 Å². The molecule has 110 valence electrons. The van der Waals surface area contributed by atoms with Gasteiger partial charge in [0.2, 0.25) is 0 Å². The highest BCUT2D eigenvalue weighted by molar-refractivity contribution is 5.80. The SMILES string of the molecule is CC(C)CN(C(=O)N(CC(=O)O)CC1CC1)C(C)C. The summed E-state index contributed by atoms with van der Waals surface area (Å²) in [4.78, 5) is 26.7. The molecule has 0 aromatic carbocycles. The van der Waals surface area contributed by atoms with Crippen molar-refractivity contribution < 1.29 is 14.7 Å². The minimum Gasteiger partial charge on any atom is -0.480 e. The first-order valence-electron chi connectivity index (χ1n) is 7.08. The number of amides is 2. The van der Waals surface area contributed by atoms with Crippen LogP contribution in [-0.2, 0) is 4.79 Å². The summed E-state index contributed by atoms with van der Waals surface area (Å²) in [7, 11) is 0. The maximum absolute atomic E-state index is 12.5. The molecule has 0 radical (unpaired) electrons. The zero-order valence-corrected chi connectivity index (χ0v) is 12.4. The van der Waals surface area contributed by atoms with Gasteiger partial charge < -0.3 is 14.9 Å². The Labute approximate surface area is 115 Å². The van der Waals surface area contributed by atoms with Gasteiger partial charge in [0.25, 0.3) is 0 Å². The zero-order valence-electron chi connectivity index (χ0n) is 12.4. The molecule has 1 rings (SSSR count). The monoisotopic (exact) mass is 270 g/mol. The molecule has 19 heavy (non-hydrogen) atoms. The highest BCUT2D eigenvalue weighted by Crippen LogP contribution is 2.30. The molecule has 0 aromatic rings. The summed E-state index contributed by atoms with van der Waals surface area (Å²) in [5, 5.41) is 8.96. The molecule has 1 aliphatic rings. The molecule has 0 aliphatic heterocycles. The van der Waals surface area contributed by atoms with Crippen molar-refractivity contribution in [3.05, 3.63) is 0 Å². The number of carbonyl (C=O) groups excluding carboxylic acids is 1. The molecule has 2 amide bonds. The van der Waals surface area contributed by atoms with Gasteiger partial charge >= 0.3 is 12.0 Å². The molecule has 1 saturated carbocycles. The number of hydrogen-bond acceptors (Lipinski definition) is 2. The van der Waals surface area contributed by atoms with Crippen LogP contribution in [0.1, 0.15) is 40.5 Å². The predicted molar refractivity (Wildman–Crippen MR) is 74.0 cm³/mol. The van der Waals surface area contributed by atoms with Crippen molar-refractivity contribution in [3.63, 3.8) is 0 Å². The number of nitrogens with zero attached hydrogens (tertiary/aromatic N) is 2. The molecule has 5 heteroatoms. The van der Waals surface area contributed by atoms with Crippen LogP contribution in [0.4, 0.5) is 4.79 Å². The first kappa shape index (κ1) is 15.8. The van der Waals surface area contributed by atoms with E-state index in [-0.39, 0.29) is 18.6 Å². The highest BCUT2D eigenvalue weighted by Gasteiger charge is 2.31. The fourth-order valence-corrected chi connectivity index (χ4v) is 2.07. The molecule has 0 heterocycles. The summed E-state index contributed by atoms with van der Waals surface area (Å²) in [6.07, 6.45) is 2.21. The summed E-state index contributed by atoms with van der Waals surface area (Å²) in [6.45, 7) is 9.10. The molecule has 0 aromatic heterocycles. The zero-order chi connectivity index (χ0) is 14.6. The first-order chi connectivity index (χ1) is 8.81. The summed E-state index contributed by atoms with van der Waals surface area (Å²) in [6, 6.07) is -0.0524. The van der Waals surface area contributed by atoms with Crippen molar-refractivity contribution in [3.8, 4) is 0 Å². The number of carboxylic acids is 1. The van der Waals surface area contributed by atoms with E-state index in [4.69, 9.17) is 5.11 Å². The molecule has 1 N–H and O–H groups in total. The van der Waals surface area contributed by atoms with E-state index in [0.29, 0.717) is 24.9 Å². The molecular formula is C14H26N2O3. The number of carbonyl (C=O) groups is 2. The summed E-state index contributed by atoms with van der Waals surface area (Å²) in [5.74, 6) is -0.0717. The maximum Gasteiger partial charge on any atom is 0.323 e. The Kier molecular flexibility index (Phi) is 5.63. The first-order valence-corrected chi connectivity index (χ1v) is 7.08. The summed E-state index contributed by atoms with van der Waals surface area (Å²) >= 11 is 0. The molecular weight excluding hydrogens is 244 g/mol. The number of urea groups is 1. The Morgan fingerprint density at radius 3 is 2.16 bits per heavy atom. The lowest BCUT2D eigenvalue weighted by Gasteiger charge is -2.33. The van der Waals surface area contributed by atoms with E-state index in [2.05, 4.69) is 13.8 Å². The van der Waals surface area contributed by atoms with E-state index in [9.17, 15) is 9.59 Å². The molecule has 0 saturated heterocycles. The fourth-order valence-electron chi connectivity index (χ4n) is 2.07. The van der Waals surface area contributed by atoms with Gasteiger partial charge in [-0.3, -0.25) is 4.79 Å². The van der Waals surface area contributed by atoms with Gasteiger partial charge in [-0.15, -0.1) is 0 Å². The minimum atomic E-state index is -0.942. The van der Waals surface area contributed by atoms with Crippen LogP contribution in [0.3, 0.4) is 0 Å². The normalized spacial score (nSPS) is 14.8. The standard InChI is InChI=1S/C14H26N2O3/c1-10(2)7-16(11(3)4)14(19)15(9-13(17)18)8-12-5-6-12/h10-12H,5-9H2,1-4H3,(H,17,18). The van der Waals surface area contributed by atoms with E-state index in [1.165, 1.54) is 4.90 Å². The van der Waals surface area contributed by atoms with Crippen LogP contribution >= 0.6 is 0 Å². The lowest BCUT2D eigenvalue weighted by molar-refractivity contribution is -0.137. The van der Waals surface area contributed by atoms with Crippen molar-refractivity contribution >= 4 is 12.0 Å². The van der Waals surface area contributed by atoms with Gasteiger partial charge in [-0.1, -0.05) is 13.8 Å². The van der Waals surface area contributed by atoms with Crippen molar-refractivity contribution in [1.29, 1.82) is 0 Å². The van der Waals surface area contributed by atoms with E-state index in [1.54, 1.807) is 4.90 Å². The van der Waals surface area contributed by atoms with Gasteiger partial charge in [0, 0.05) is 19.1 Å². The third-order valence-electron chi connectivity index (χ3n) is 3.20. The average Bonchev–Trinajstić information content (AvgIpc) is 3.06. The van der Waals surface area contributed by atoms with Crippen molar-refractivity contribution in [2.24, 2.45) is 11.8 Å². The van der Waals surface area contributed by atoms with Crippen LogP contribution < -0.4 is 0 Å². The maximum atomic E-state index is 12.5. The third-order valence-corrected chi connectivity index (χ3v) is 3.20. The van der Waals surface area contributed by atoms with Crippen molar-refractivity contribution in [1.82, 2.24) is 9.80 Å². The molecule has 5 nitrogen and oxygen atoms in total. The average molecular weight is 270 g/mol. The van der Waals surface area contributed by atoms with E-state index >= 15 is 0 Å². The topological polar surface area (TPSA) is 60.9 Å². The highest BCUT2D eigenvalue weighted by atomic mass is 16.4. The quantitative estimate of drug-likeness (QED) is 0.772. The van der Waals surface area contributed by atoms with Gasteiger partial charge in [0.15, 0.2) is 0 Å². The molecule has 1 aliphatic carbocycles. The molecule has 0 bridgehead atoms. The van der Waals surface area contributed by atoms with E-state index in [0.717, 1.165) is 12.8 Å². The van der Waals surface area contributed by atoms with Gasteiger partial charge in [0.05, 0.1) is 0 Å². The minimum absolute atomic E-state index is 0.0883. The lowest BCUT2D eigenvalue weighted by Crippen LogP contribution is -2.50. The van der Waals surface area contributed by atoms with Crippen molar-refractivity contribution in [2.75, 3.05) is 19.6 Å². The third kappa shape index (κ3) is 5.49. The Morgan fingerprint density at radius 1 is 1.21 bits per heavy atom. The second kappa shape index (κ2) is 6.78. The summed E-state index contributed by atoms with van der Waals surface area (Å²) in [5.41, 5.74) is 0. The Morgan fingerprint density at radius 2 is 1.79 bits per heavy atom. The van der Waals surface area contributed by atoms with Gasteiger partial charge in [-0.2, -0.15) is 0 Å². The Balaban J connectivity index is 2.71. The number of carboxylic acid groups (broad SMARTS) is 1. The second-order valence-corrected chi connectivity index (χ2v) is 6.14. The van der Waals surface area contributed by atoms with Crippen LogP contribution in [-0.4, -0.2) is 52.6 Å². The smallest absolute Gasteiger partial charge is 0.323 e. The van der Waals surface area contributed by atoms with Crippen LogP contribution in [0.25, 0.3) is 0 Å². The number of rotatable bonds is 7. The van der Waals surface area contributed by atoms with E-state index < -0.39 is 5.97 Å². The van der Waals surface area contributed by atoms with Crippen LogP contribution in [0.15, 0.2) is 0 Å². The fraction of sp³-hybridized carbons (Fsp3) is 0.857. The molecule has 0 spiro atoms. The van der Waals surface area contributed by atoms with Gasteiger partial charge in [0.1, 0.15) is 6.54 Å². The lowest BCUT2D eigenvalue weighted by atomic mass is 10.2. The number of aliphatic carboxylic acids is 1. The molecule has 0 unspecified atom stereocenters. The molecule has 1 fully saturated rings. The van der Waals surface area contributed by atoms with Crippen LogP contribution in [0.2, 0.25) is 0 Å². The van der Waals surface area contributed by atoms with E-state index in [1.807, 2.05) is 13.8 Å². The van der Waals surface area contributed by atoms with Gasteiger partial charge in [-0.05, 0) is 38.5 Å². The summed E-state index contributed by atoms with van der Waals surface area (Å²) < 4.78 is 0. The second-order valence-electron chi connectivity index (χ2n) is 6.14. The largest absolute Gasteiger partial charge is 0.480 e. The van der Waals surface area contributed by atoms with Crippen LogP contribution in [0, 0.1) is 11.8 Å². The Bertz CT molecular complexity index is 325. The van der Waals surface area contributed by atoms with Crippen LogP contribution in [0.5, 0.6) is 0 Å². The Hall–Kier alpha value is -1.26.